The van der Waals surface area contributed by atoms with Crippen molar-refractivity contribution in [1.29, 1.82) is 0 Å². The van der Waals surface area contributed by atoms with E-state index in [4.69, 9.17) is 4.74 Å². The molecule has 4 nitrogen and oxygen atoms in total. The fraction of sp³-hybridized carbons (Fsp3) is 0.125. The Kier molecular flexibility index (Phi) is 4.85. The average Bonchev–Trinajstić information content (AvgIpc) is 3.07. The molecule has 4 aromatic rings. The third-order valence-electron chi connectivity index (χ3n) is 4.77. The summed E-state index contributed by atoms with van der Waals surface area (Å²) in [4.78, 5) is 11.3. The maximum atomic E-state index is 11.3. The Bertz CT molecular complexity index is 1130. The molecular formula is C24H21NO3. The van der Waals surface area contributed by atoms with E-state index in [1.807, 2.05) is 37.3 Å². The number of carboxylic acid groups (broad SMARTS) is 1. The molecule has 0 saturated heterocycles. The highest BCUT2D eigenvalue weighted by Crippen LogP contribution is 2.31. The quantitative estimate of drug-likeness (QED) is 0.490. The molecule has 28 heavy (non-hydrogen) atoms. The Morgan fingerprint density at radius 3 is 2.54 bits per heavy atom. The van der Waals surface area contributed by atoms with Crippen LogP contribution in [0, 0.1) is 0 Å². The Labute approximate surface area is 163 Å². The number of carboxylic acids is 1. The van der Waals surface area contributed by atoms with Crippen LogP contribution in [0.25, 0.3) is 22.2 Å². The molecule has 3 aromatic carbocycles. The molecule has 0 spiro atoms. The van der Waals surface area contributed by atoms with Gasteiger partial charge in [0.25, 0.3) is 0 Å². The van der Waals surface area contributed by atoms with Gasteiger partial charge in [0.05, 0.1) is 12.2 Å². The number of hydrogen-bond acceptors (Lipinski definition) is 2. The molecule has 0 bridgehead atoms. The van der Waals surface area contributed by atoms with Gasteiger partial charge in [0.1, 0.15) is 5.75 Å². The predicted molar refractivity (Wildman–Crippen MR) is 111 cm³/mol. The van der Waals surface area contributed by atoms with Crippen molar-refractivity contribution in [3.05, 3.63) is 90.0 Å². The van der Waals surface area contributed by atoms with Gasteiger partial charge < -0.3 is 14.4 Å². The molecule has 0 aliphatic heterocycles. The molecule has 0 fully saturated rings. The number of fused-ring (bicyclic) bond motifs is 1. The Hall–Kier alpha value is -3.53. The van der Waals surface area contributed by atoms with E-state index in [1.54, 1.807) is 18.2 Å². The number of hydrogen-bond donors (Lipinski definition) is 1. The van der Waals surface area contributed by atoms with Crippen LogP contribution in [0.4, 0.5) is 0 Å². The van der Waals surface area contributed by atoms with Gasteiger partial charge in [0.2, 0.25) is 0 Å². The first-order valence-corrected chi connectivity index (χ1v) is 9.29. The molecule has 0 atom stereocenters. The van der Waals surface area contributed by atoms with E-state index in [-0.39, 0.29) is 0 Å². The summed E-state index contributed by atoms with van der Waals surface area (Å²) in [5, 5.41) is 10.4. The molecule has 1 N–H and O–H groups in total. The largest absolute Gasteiger partial charge is 0.494 e. The summed E-state index contributed by atoms with van der Waals surface area (Å²) in [5.74, 6) is -0.0662. The molecule has 140 valence electrons. The number of rotatable bonds is 6. The van der Waals surface area contributed by atoms with E-state index in [0.717, 1.165) is 33.5 Å². The van der Waals surface area contributed by atoms with Gasteiger partial charge in [-0.05, 0) is 54.4 Å². The summed E-state index contributed by atoms with van der Waals surface area (Å²) in [6, 6.07) is 25.6. The summed E-state index contributed by atoms with van der Waals surface area (Å²) in [5.41, 5.74) is 4.54. The predicted octanol–water partition coefficient (Wildman–Crippen LogP) is 5.45. The van der Waals surface area contributed by atoms with E-state index in [1.165, 1.54) is 0 Å². The third-order valence-corrected chi connectivity index (χ3v) is 4.77. The van der Waals surface area contributed by atoms with Crippen LogP contribution in [0.2, 0.25) is 0 Å². The van der Waals surface area contributed by atoms with E-state index in [9.17, 15) is 9.90 Å². The number of aromatic nitrogens is 1. The minimum absolute atomic E-state index is 0.300. The zero-order valence-electron chi connectivity index (χ0n) is 15.6. The average molecular weight is 371 g/mol. The highest BCUT2D eigenvalue weighted by Gasteiger charge is 2.13. The first kappa shape index (κ1) is 17.9. The topological polar surface area (TPSA) is 51.5 Å². The van der Waals surface area contributed by atoms with Gasteiger partial charge in [-0.3, -0.25) is 0 Å². The molecule has 0 aliphatic carbocycles. The highest BCUT2D eigenvalue weighted by molar-refractivity contribution is 5.89. The lowest BCUT2D eigenvalue weighted by Gasteiger charge is -2.12. The fourth-order valence-corrected chi connectivity index (χ4v) is 3.51. The lowest BCUT2D eigenvalue weighted by molar-refractivity contribution is 0.0696. The second kappa shape index (κ2) is 7.61. The van der Waals surface area contributed by atoms with Crippen LogP contribution >= 0.6 is 0 Å². The van der Waals surface area contributed by atoms with Gasteiger partial charge in [0.15, 0.2) is 0 Å². The molecule has 1 aromatic heterocycles. The molecule has 0 unspecified atom stereocenters. The monoisotopic (exact) mass is 371 g/mol. The van der Waals surface area contributed by atoms with Crippen molar-refractivity contribution in [3.8, 4) is 17.0 Å². The molecule has 4 heteroatoms. The van der Waals surface area contributed by atoms with Crippen LogP contribution in [-0.4, -0.2) is 22.2 Å². The van der Waals surface area contributed by atoms with E-state index < -0.39 is 5.97 Å². The number of carbonyl (C=O) groups is 1. The van der Waals surface area contributed by atoms with Crippen molar-refractivity contribution < 1.29 is 14.6 Å². The molecular weight excluding hydrogens is 350 g/mol. The van der Waals surface area contributed by atoms with Gasteiger partial charge in [-0.2, -0.15) is 0 Å². The summed E-state index contributed by atoms with van der Waals surface area (Å²) >= 11 is 0. The number of nitrogens with zero attached hydrogens (tertiary/aromatic N) is 1. The van der Waals surface area contributed by atoms with Gasteiger partial charge in [-0.1, -0.05) is 42.5 Å². The summed E-state index contributed by atoms with van der Waals surface area (Å²) < 4.78 is 7.88. The fourth-order valence-electron chi connectivity index (χ4n) is 3.51. The van der Waals surface area contributed by atoms with E-state index in [2.05, 4.69) is 34.9 Å². The first-order valence-electron chi connectivity index (χ1n) is 9.29. The second-order valence-electron chi connectivity index (χ2n) is 6.64. The summed E-state index contributed by atoms with van der Waals surface area (Å²) in [6.07, 6.45) is 0. The molecule has 4 rings (SSSR count). The maximum absolute atomic E-state index is 11.3. The number of ether oxygens (including phenoxy) is 1. The first-order chi connectivity index (χ1) is 13.7. The molecule has 0 aliphatic rings. The molecule has 0 radical (unpaired) electrons. The third kappa shape index (κ3) is 3.49. The zero-order chi connectivity index (χ0) is 19.5. The summed E-state index contributed by atoms with van der Waals surface area (Å²) in [7, 11) is 0. The Morgan fingerprint density at radius 1 is 0.964 bits per heavy atom. The normalized spacial score (nSPS) is 10.9. The molecule has 1 heterocycles. The van der Waals surface area contributed by atoms with E-state index >= 15 is 0 Å². The van der Waals surface area contributed by atoms with Gasteiger partial charge in [-0.15, -0.1) is 0 Å². The molecule has 0 amide bonds. The van der Waals surface area contributed by atoms with Gasteiger partial charge >= 0.3 is 5.97 Å². The summed E-state index contributed by atoms with van der Waals surface area (Å²) in [6.45, 7) is 3.18. The second-order valence-corrected chi connectivity index (χ2v) is 6.64. The van der Waals surface area contributed by atoms with E-state index in [0.29, 0.717) is 18.7 Å². The smallest absolute Gasteiger partial charge is 0.335 e. The standard InChI is InChI=1S/C24H21NO3/c1-2-28-21-11-12-22-20(14-21)15-23(18-8-4-3-5-9-18)25(22)16-17-7-6-10-19(13-17)24(26)27/h3-15H,2,16H2,1H3,(H,26,27). The van der Waals surface area contributed by atoms with Crippen molar-refractivity contribution in [1.82, 2.24) is 4.57 Å². The van der Waals surface area contributed by atoms with Gasteiger partial charge in [0, 0.05) is 23.1 Å². The van der Waals surface area contributed by atoms with Gasteiger partial charge in [-0.25, -0.2) is 4.79 Å². The van der Waals surface area contributed by atoms with Crippen molar-refractivity contribution >= 4 is 16.9 Å². The Balaban J connectivity index is 1.85. The zero-order valence-corrected chi connectivity index (χ0v) is 15.6. The number of benzene rings is 3. The SMILES string of the molecule is CCOc1ccc2c(c1)cc(-c1ccccc1)n2Cc1cccc(C(=O)O)c1. The van der Waals surface area contributed by atoms with Crippen molar-refractivity contribution in [3.63, 3.8) is 0 Å². The van der Waals surface area contributed by atoms with Crippen molar-refractivity contribution in [2.75, 3.05) is 6.61 Å². The van der Waals surface area contributed by atoms with Crippen LogP contribution in [0.15, 0.2) is 78.9 Å². The number of aromatic carboxylic acids is 1. The van der Waals surface area contributed by atoms with Crippen LogP contribution in [0.1, 0.15) is 22.8 Å². The lowest BCUT2D eigenvalue weighted by atomic mass is 10.1. The maximum Gasteiger partial charge on any atom is 0.335 e. The molecule has 0 saturated carbocycles. The Morgan fingerprint density at radius 2 is 1.79 bits per heavy atom. The van der Waals surface area contributed by atoms with Crippen molar-refractivity contribution in [2.45, 2.75) is 13.5 Å². The minimum Gasteiger partial charge on any atom is -0.494 e. The lowest BCUT2D eigenvalue weighted by Crippen LogP contribution is -2.04. The van der Waals surface area contributed by atoms with Crippen LogP contribution in [0.3, 0.4) is 0 Å². The van der Waals surface area contributed by atoms with Crippen LogP contribution in [-0.2, 0) is 6.54 Å². The van der Waals surface area contributed by atoms with Crippen molar-refractivity contribution in [2.24, 2.45) is 0 Å². The minimum atomic E-state index is -0.913. The highest BCUT2D eigenvalue weighted by atomic mass is 16.5. The van der Waals surface area contributed by atoms with Crippen LogP contribution in [0.5, 0.6) is 5.75 Å². The van der Waals surface area contributed by atoms with Crippen LogP contribution < -0.4 is 4.74 Å².